The SMILES string of the molecule is Nc1ccc2c(c1)CCC2NCCCc1ccccc1. The Bertz CT molecular complexity index is 563. The molecule has 0 bridgehead atoms. The maximum Gasteiger partial charge on any atom is 0.0326 e. The lowest BCUT2D eigenvalue weighted by Gasteiger charge is -2.14. The van der Waals surface area contributed by atoms with Crippen molar-refractivity contribution in [2.24, 2.45) is 0 Å². The number of aryl methyl sites for hydroxylation is 2. The molecule has 20 heavy (non-hydrogen) atoms. The van der Waals surface area contributed by atoms with Gasteiger partial charge in [0.2, 0.25) is 0 Å². The molecule has 0 saturated carbocycles. The topological polar surface area (TPSA) is 38.0 Å². The third-order valence-electron chi connectivity index (χ3n) is 4.12. The number of hydrogen-bond donors (Lipinski definition) is 2. The van der Waals surface area contributed by atoms with Crippen LogP contribution in [0.1, 0.15) is 35.6 Å². The van der Waals surface area contributed by atoms with E-state index in [0.29, 0.717) is 6.04 Å². The van der Waals surface area contributed by atoms with E-state index in [4.69, 9.17) is 5.73 Å². The minimum absolute atomic E-state index is 0.515. The lowest BCUT2D eigenvalue weighted by atomic mass is 10.1. The van der Waals surface area contributed by atoms with Gasteiger partial charge in [0.1, 0.15) is 0 Å². The fraction of sp³-hybridized carbons (Fsp3) is 0.333. The van der Waals surface area contributed by atoms with Crippen molar-refractivity contribution in [1.82, 2.24) is 5.32 Å². The van der Waals surface area contributed by atoms with E-state index in [-0.39, 0.29) is 0 Å². The highest BCUT2D eigenvalue weighted by Gasteiger charge is 2.21. The van der Waals surface area contributed by atoms with Gasteiger partial charge in [-0.1, -0.05) is 36.4 Å². The molecule has 0 amide bonds. The number of hydrogen-bond acceptors (Lipinski definition) is 2. The first-order valence-electron chi connectivity index (χ1n) is 7.48. The second-order valence-electron chi connectivity index (χ2n) is 5.59. The smallest absolute Gasteiger partial charge is 0.0326 e. The molecule has 1 unspecified atom stereocenters. The first-order chi connectivity index (χ1) is 9.83. The number of nitrogens with two attached hydrogens (primary N) is 1. The zero-order valence-corrected chi connectivity index (χ0v) is 11.8. The van der Waals surface area contributed by atoms with Crippen molar-refractivity contribution in [3.05, 3.63) is 65.2 Å². The van der Waals surface area contributed by atoms with E-state index in [1.807, 2.05) is 6.07 Å². The molecule has 3 N–H and O–H groups in total. The van der Waals surface area contributed by atoms with Gasteiger partial charge in [0.25, 0.3) is 0 Å². The number of nitrogen functional groups attached to an aromatic ring is 1. The minimum atomic E-state index is 0.515. The summed E-state index contributed by atoms with van der Waals surface area (Å²) in [6, 6.07) is 17.5. The molecule has 0 aliphatic heterocycles. The Labute approximate surface area is 121 Å². The average Bonchev–Trinajstić information content (AvgIpc) is 2.87. The third kappa shape index (κ3) is 3.02. The summed E-state index contributed by atoms with van der Waals surface area (Å²) in [5.41, 5.74) is 11.0. The summed E-state index contributed by atoms with van der Waals surface area (Å²) in [5, 5.41) is 3.69. The Morgan fingerprint density at radius 1 is 1.10 bits per heavy atom. The van der Waals surface area contributed by atoms with Crippen LogP contribution in [0.2, 0.25) is 0 Å². The van der Waals surface area contributed by atoms with Gasteiger partial charge in [0.05, 0.1) is 0 Å². The Kier molecular flexibility index (Phi) is 4.03. The molecule has 0 spiro atoms. The second kappa shape index (κ2) is 6.10. The molecular formula is C18H22N2. The zero-order valence-electron chi connectivity index (χ0n) is 11.8. The Balaban J connectivity index is 1.49. The fourth-order valence-electron chi connectivity index (χ4n) is 3.06. The van der Waals surface area contributed by atoms with Gasteiger partial charge in [-0.3, -0.25) is 0 Å². The van der Waals surface area contributed by atoms with Crippen LogP contribution in [0.25, 0.3) is 0 Å². The summed E-state index contributed by atoms with van der Waals surface area (Å²) in [6.45, 7) is 1.07. The normalized spacial score (nSPS) is 17.1. The maximum absolute atomic E-state index is 5.84. The molecule has 2 aromatic carbocycles. The van der Waals surface area contributed by atoms with Gasteiger partial charge in [-0.25, -0.2) is 0 Å². The monoisotopic (exact) mass is 266 g/mol. The summed E-state index contributed by atoms with van der Waals surface area (Å²) >= 11 is 0. The van der Waals surface area contributed by atoms with Crippen LogP contribution < -0.4 is 11.1 Å². The molecule has 3 rings (SSSR count). The predicted octanol–water partition coefficient (Wildman–Crippen LogP) is 3.48. The van der Waals surface area contributed by atoms with Crippen molar-refractivity contribution in [3.8, 4) is 0 Å². The van der Waals surface area contributed by atoms with Crippen molar-refractivity contribution in [2.75, 3.05) is 12.3 Å². The number of fused-ring (bicyclic) bond motifs is 1. The van der Waals surface area contributed by atoms with E-state index >= 15 is 0 Å². The highest BCUT2D eigenvalue weighted by atomic mass is 14.9. The van der Waals surface area contributed by atoms with E-state index in [9.17, 15) is 0 Å². The van der Waals surface area contributed by atoms with Crippen molar-refractivity contribution in [2.45, 2.75) is 31.7 Å². The number of benzene rings is 2. The summed E-state index contributed by atoms with van der Waals surface area (Å²) in [5.74, 6) is 0. The summed E-state index contributed by atoms with van der Waals surface area (Å²) in [4.78, 5) is 0. The van der Waals surface area contributed by atoms with Crippen LogP contribution in [0.3, 0.4) is 0 Å². The van der Waals surface area contributed by atoms with Crippen LogP contribution in [-0.2, 0) is 12.8 Å². The van der Waals surface area contributed by atoms with Gasteiger partial charge >= 0.3 is 0 Å². The van der Waals surface area contributed by atoms with Crippen LogP contribution in [0.15, 0.2) is 48.5 Å². The van der Waals surface area contributed by atoms with Crippen molar-refractivity contribution >= 4 is 5.69 Å². The third-order valence-corrected chi connectivity index (χ3v) is 4.12. The van der Waals surface area contributed by atoms with Gasteiger partial charge < -0.3 is 11.1 Å². The van der Waals surface area contributed by atoms with E-state index in [1.165, 1.54) is 29.5 Å². The van der Waals surface area contributed by atoms with E-state index in [0.717, 1.165) is 25.1 Å². The van der Waals surface area contributed by atoms with Crippen LogP contribution in [-0.4, -0.2) is 6.54 Å². The summed E-state index contributed by atoms with van der Waals surface area (Å²) < 4.78 is 0. The van der Waals surface area contributed by atoms with Gasteiger partial charge in [-0.15, -0.1) is 0 Å². The lowest BCUT2D eigenvalue weighted by Crippen LogP contribution is -2.20. The molecule has 2 nitrogen and oxygen atoms in total. The Hall–Kier alpha value is -1.80. The van der Waals surface area contributed by atoms with Gasteiger partial charge in [-0.2, -0.15) is 0 Å². The first-order valence-corrected chi connectivity index (χ1v) is 7.48. The number of anilines is 1. The number of nitrogens with one attached hydrogen (secondary N) is 1. The fourth-order valence-corrected chi connectivity index (χ4v) is 3.06. The molecule has 0 heterocycles. The van der Waals surface area contributed by atoms with E-state index in [2.05, 4.69) is 47.8 Å². The molecule has 1 atom stereocenters. The molecule has 1 aliphatic rings. The number of rotatable bonds is 5. The maximum atomic E-state index is 5.84. The van der Waals surface area contributed by atoms with Gasteiger partial charge in [0, 0.05) is 11.7 Å². The van der Waals surface area contributed by atoms with Gasteiger partial charge in [-0.05, 0) is 61.1 Å². The first kappa shape index (κ1) is 13.2. The highest BCUT2D eigenvalue weighted by Crippen LogP contribution is 2.32. The van der Waals surface area contributed by atoms with Crippen molar-refractivity contribution < 1.29 is 0 Å². The zero-order chi connectivity index (χ0) is 13.8. The summed E-state index contributed by atoms with van der Waals surface area (Å²) in [7, 11) is 0. The van der Waals surface area contributed by atoms with Crippen molar-refractivity contribution in [1.29, 1.82) is 0 Å². The van der Waals surface area contributed by atoms with Crippen molar-refractivity contribution in [3.63, 3.8) is 0 Å². The van der Waals surface area contributed by atoms with E-state index < -0.39 is 0 Å². The molecule has 104 valence electrons. The molecule has 2 aromatic rings. The molecular weight excluding hydrogens is 244 g/mol. The molecule has 0 fully saturated rings. The van der Waals surface area contributed by atoms with Gasteiger partial charge in [0.15, 0.2) is 0 Å². The summed E-state index contributed by atoms with van der Waals surface area (Å²) in [6.07, 6.45) is 4.68. The highest BCUT2D eigenvalue weighted by molar-refractivity contribution is 5.47. The average molecular weight is 266 g/mol. The lowest BCUT2D eigenvalue weighted by molar-refractivity contribution is 0.520. The van der Waals surface area contributed by atoms with Crippen LogP contribution in [0.5, 0.6) is 0 Å². The largest absolute Gasteiger partial charge is 0.399 e. The van der Waals surface area contributed by atoms with Crippen LogP contribution in [0, 0.1) is 0 Å². The molecule has 0 saturated heterocycles. The Morgan fingerprint density at radius 3 is 2.80 bits per heavy atom. The molecule has 0 aromatic heterocycles. The molecule has 0 radical (unpaired) electrons. The Morgan fingerprint density at radius 2 is 1.95 bits per heavy atom. The minimum Gasteiger partial charge on any atom is -0.399 e. The predicted molar refractivity (Wildman–Crippen MR) is 84.7 cm³/mol. The van der Waals surface area contributed by atoms with E-state index in [1.54, 1.807) is 0 Å². The second-order valence-corrected chi connectivity index (χ2v) is 5.59. The van der Waals surface area contributed by atoms with Crippen LogP contribution >= 0.6 is 0 Å². The van der Waals surface area contributed by atoms with Crippen LogP contribution in [0.4, 0.5) is 5.69 Å². The standard InChI is InChI=1S/C18H22N2/c19-16-9-10-17-15(13-16)8-11-18(17)20-12-4-7-14-5-2-1-3-6-14/h1-3,5-6,9-10,13,18,20H,4,7-8,11-12,19H2. The quantitative estimate of drug-likeness (QED) is 0.642. The molecule has 2 heteroatoms. The molecule has 1 aliphatic carbocycles.